The monoisotopic (exact) mass is 292 g/mol. The van der Waals surface area contributed by atoms with Crippen molar-refractivity contribution >= 4 is 32.5 Å². The van der Waals surface area contributed by atoms with Crippen LogP contribution in [0, 0.1) is 6.92 Å². The van der Waals surface area contributed by atoms with Crippen LogP contribution < -0.4 is 5.73 Å². The molecular weight excluding hydrogens is 280 g/mol. The minimum atomic E-state index is 0.583. The van der Waals surface area contributed by atoms with Gasteiger partial charge in [-0.25, -0.2) is 0 Å². The summed E-state index contributed by atoms with van der Waals surface area (Å²) in [6, 6.07) is 4.04. The Morgan fingerprint density at radius 3 is 3.06 bits per heavy atom. The Bertz CT molecular complexity index is 610. The molecule has 2 N–H and O–H groups in total. The Morgan fingerprint density at radius 2 is 2.24 bits per heavy atom. The number of fused-ring (bicyclic) bond motifs is 2. The van der Waals surface area contributed by atoms with Gasteiger partial charge in [-0.05, 0) is 24.6 Å². The van der Waals surface area contributed by atoms with Gasteiger partial charge in [-0.2, -0.15) is 0 Å². The number of aromatic nitrogens is 1. The van der Waals surface area contributed by atoms with Gasteiger partial charge in [-0.1, -0.05) is 15.9 Å². The largest absolute Gasteiger partial charge is 0.398 e. The fourth-order valence-corrected chi connectivity index (χ4v) is 2.59. The third kappa shape index (κ3) is 1.63. The lowest BCUT2D eigenvalue weighted by atomic mass is 10.0. The fraction of sp³-hybridized carbons (Fsp3) is 0.308. The molecule has 0 spiro atoms. The van der Waals surface area contributed by atoms with Crippen molar-refractivity contribution in [2.24, 2.45) is 0 Å². The summed E-state index contributed by atoms with van der Waals surface area (Å²) in [5.74, 6) is 0. The van der Waals surface area contributed by atoms with Crippen molar-refractivity contribution < 1.29 is 4.74 Å². The summed E-state index contributed by atoms with van der Waals surface area (Å²) in [6.45, 7) is 3.38. The molecule has 1 aromatic carbocycles. The maximum atomic E-state index is 6.22. The molecule has 0 saturated heterocycles. The number of nitrogens with zero attached hydrogens (tertiary/aromatic N) is 1. The molecule has 0 fully saturated rings. The van der Waals surface area contributed by atoms with Crippen molar-refractivity contribution in [2.75, 3.05) is 12.3 Å². The summed E-state index contributed by atoms with van der Waals surface area (Å²) >= 11 is 3.53. The van der Waals surface area contributed by atoms with Gasteiger partial charge in [0.1, 0.15) is 0 Å². The second-order valence-electron chi connectivity index (χ2n) is 4.32. The van der Waals surface area contributed by atoms with Crippen molar-refractivity contribution in [1.29, 1.82) is 0 Å². The molecule has 17 heavy (non-hydrogen) atoms. The highest BCUT2D eigenvalue weighted by Crippen LogP contribution is 2.33. The van der Waals surface area contributed by atoms with E-state index in [0.29, 0.717) is 6.61 Å². The van der Waals surface area contributed by atoms with Crippen LogP contribution in [0.1, 0.15) is 16.8 Å². The number of hydrogen-bond acceptors (Lipinski definition) is 3. The zero-order valence-electron chi connectivity index (χ0n) is 9.59. The average Bonchev–Trinajstić information content (AvgIpc) is 2.35. The van der Waals surface area contributed by atoms with E-state index in [4.69, 9.17) is 15.5 Å². The summed E-state index contributed by atoms with van der Waals surface area (Å²) in [6.07, 6.45) is 0.849. The molecule has 0 radical (unpaired) electrons. The maximum absolute atomic E-state index is 6.22. The van der Waals surface area contributed by atoms with E-state index in [2.05, 4.69) is 22.9 Å². The number of nitrogens with two attached hydrogens (primary N) is 1. The van der Waals surface area contributed by atoms with E-state index in [1.165, 1.54) is 0 Å². The molecular formula is C13H13BrN2O. The summed E-state index contributed by atoms with van der Waals surface area (Å²) < 4.78 is 6.52. The van der Waals surface area contributed by atoms with Crippen LogP contribution in [0.5, 0.6) is 0 Å². The molecule has 3 rings (SSSR count). The smallest absolute Gasteiger partial charge is 0.0766 e. The number of pyridine rings is 1. The molecule has 2 aromatic rings. The normalized spacial score (nSPS) is 14.9. The number of rotatable bonds is 0. The van der Waals surface area contributed by atoms with Gasteiger partial charge >= 0.3 is 0 Å². The van der Waals surface area contributed by atoms with Gasteiger partial charge in [-0.15, -0.1) is 0 Å². The van der Waals surface area contributed by atoms with Crippen LogP contribution in [0.2, 0.25) is 0 Å². The highest BCUT2D eigenvalue weighted by Gasteiger charge is 2.17. The van der Waals surface area contributed by atoms with Crippen LogP contribution in [0.15, 0.2) is 16.6 Å². The van der Waals surface area contributed by atoms with Crippen LogP contribution >= 0.6 is 15.9 Å². The molecule has 1 aromatic heterocycles. The van der Waals surface area contributed by atoms with Crippen LogP contribution in [0.25, 0.3) is 10.9 Å². The first-order chi connectivity index (χ1) is 8.18. The lowest BCUT2D eigenvalue weighted by molar-refractivity contribution is 0.110. The molecule has 4 heteroatoms. The van der Waals surface area contributed by atoms with E-state index in [0.717, 1.165) is 50.9 Å². The standard InChI is InChI=1S/C13H13BrN2O/c1-7-10(14)3-2-8-12(15)9-6-17-5-4-11(9)16-13(7)8/h2-3H,4-6H2,1H3,(H2,15,16). The Morgan fingerprint density at radius 1 is 1.41 bits per heavy atom. The third-order valence-electron chi connectivity index (χ3n) is 3.30. The van der Waals surface area contributed by atoms with E-state index in [9.17, 15) is 0 Å². The van der Waals surface area contributed by atoms with Gasteiger partial charge in [0.15, 0.2) is 0 Å². The Labute approximate surface area is 108 Å². The SMILES string of the molecule is Cc1c(Br)ccc2c(N)c3c(nc12)CCOC3. The maximum Gasteiger partial charge on any atom is 0.0766 e. The number of benzene rings is 1. The van der Waals surface area contributed by atoms with Crippen molar-refractivity contribution in [1.82, 2.24) is 4.98 Å². The van der Waals surface area contributed by atoms with Crippen LogP contribution in [0.4, 0.5) is 5.69 Å². The molecule has 2 heterocycles. The average molecular weight is 293 g/mol. The van der Waals surface area contributed by atoms with Crippen molar-refractivity contribution in [3.63, 3.8) is 0 Å². The fourth-order valence-electron chi connectivity index (χ4n) is 2.27. The van der Waals surface area contributed by atoms with Crippen LogP contribution in [0.3, 0.4) is 0 Å². The lowest BCUT2D eigenvalue weighted by Gasteiger charge is -2.19. The van der Waals surface area contributed by atoms with Crippen molar-refractivity contribution in [3.8, 4) is 0 Å². The molecule has 0 amide bonds. The van der Waals surface area contributed by atoms with Crippen molar-refractivity contribution in [3.05, 3.63) is 33.4 Å². The number of nitrogen functional groups attached to an aromatic ring is 1. The van der Waals surface area contributed by atoms with Gasteiger partial charge in [0.2, 0.25) is 0 Å². The lowest BCUT2D eigenvalue weighted by Crippen LogP contribution is -2.14. The predicted octanol–water partition coefficient (Wildman–Crippen LogP) is 2.96. The summed E-state index contributed by atoms with van der Waals surface area (Å²) in [5.41, 5.74) is 11.3. The van der Waals surface area contributed by atoms with Crippen LogP contribution in [-0.2, 0) is 17.8 Å². The summed E-state index contributed by atoms with van der Waals surface area (Å²) in [5, 5.41) is 1.02. The summed E-state index contributed by atoms with van der Waals surface area (Å²) in [7, 11) is 0. The topological polar surface area (TPSA) is 48.1 Å². The molecule has 0 bridgehead atoms. The van der Waals surface area contributed by atoms with Crippen LogP contribution in [-0.4, -0.2) is 11.6 Å². The van der Waals surface area contributed by atoms with Crippen molar-refractivity contribution in [2.45, 2.75) is 20.0 Å². The van der Waals surface area contributed by atoms with E-state index in [-0.39, 0.29) is 0 Å². The molecule has 0 unspecified atom stereocenters. The Balaban J connectivity index is 2.40. The minimum Gasteiger partial charge on any atom is -0.398 e. The first kappa shape index (κ1) is 11.0. The Kier molecular flexibility index (Phi) is 2.56. The second-order valence-corrected chi connectivity index (χ2v) is 5.18. The molecule has 3 nitrogen and oxygen atoms in total. The Hall–Kier alpha value is -1.13. The minimum absolute atomic E-state index is 0.583. The van der Waals surface area contributed by atoms with Gasteiger partial charge < -0.3 is 10.5 Å². The van der Waals surface area contributed by atoms with E-state index < -0.39 is 0 Å². The number of anilines is 1. The van der Waals surface area contributed by atoms with Gasteiger partial charge in [-0.3, -0.25) is 4.98 Å². The number of halogens is 1. The molecule has 88 valence electrons. The van der Waals surface area contributed by atoms with Gasteiger partial charge in [0, 0.05) is 27.5 Å². The van der Waals surface area contributed by atoms with Gasteiger partial charge in [0.25, 0.3) is 0 Å². The molecule has 1 aliphatic heterocycles. The molecule has 1 aliphatic rings. The summed E-state index contributed by atoms with van der Waals surface area (Å²) in [4.78, 5) is 4.75. The molecule has 0 atom stereocenters. The molecule has 0 saturated carbocycles. The zero-order chi connectivity index (χ0) is 12.0. The van der Waals surface area contributed by atoms with E-state index in [1.807, 2.05) is 12.1 Å². The highest BCUT2D eigenvalue weighted by atomic mass is 79.9. The third-order valence-corrected chi connectivity index (χ3v) is 4.16. The second kappa shape index (κ2) is 3.96. The zero-order valence-corrected chi connectivity index (χ0v) is 11.2. The molecule has 0 aliphatic carbocycles. The number of aryl methyl sites for hydroxylation is 1. The predicted molar refractivity (Wildman–Crippen MR) is 72.0 cm³/mol. The highest BCUT2D eigenvalue weighted by molar-refractivity contribution is 9.10. The first-order valence-electron chi connectivity index (χ1n) is 5.62. The number of ether oxygens (including phenoxy) is 1. The number of hydrogen-bond donors (Lipinski definition) is 1. The van der Waals surface area contributed by atoms with E-state index >= 15 is 0 Å². The quantitative estimate of drug-likeness (QED) is 0.812. The van der Waals surface area contributed by atoms with Gasteiger partial charge in [0.05, 0.1) is 24.4 Å². The van der Waals surface area contributed by atoms with E-state index in [1.54, 1.807) is 0 Å². The first-order valence-corrected chi connectivity index (χ1v) is 6.41.